The van der Waals surface area contributed by atoms with Gasteiger partial charge in [-0.05, 0) is 52.0 Å². The van der Waals surface area contributed by atoms with Gasteiger partial charge in [0.05, 0.1) is 0 Å². The smallest absolute Gasteiger partial charge is 0.0125 e. The third kappa shape index (κ3) is 2.13. The maximum absolute atomic E-state index is 2.69. The van der Waals surface area contributed by atoms with Crippen molar-refractivity contribution in [2.24, 2.45) is 11.8 Å². The van der Waals surface area contributed by atoms with Gasteiger partial charge in [-0.25, -0.2) is 0 Å². The number of rotatable bonds is 0. The van der Waals surface area contributed by atoms with Gasteiger partial charge in [-0.1, -0.05) is 19.3 Å². The maximum atomic E-state index is 2.69. The number of piperidine rings is 1. The number of hydrogen-bond donors (Lipinski definition) is 0. The quantitative estimate of drug-likeness (QED) is 0.573. The van der Waals surface area contributed by atoms with E-state index in [0.29, 0.717) is 5.54 Å². The number of nitrogens with zero attached hydrogens (tertiary/aromatic N) is 1. The van der Waals surface area contributed by atoms with Crippen LogP contribution in [0, 0.1) is 11.8 Å². The number of likely N-dealkylation sites (tertiary alicyclic amines) is 1. The zero-order valence-corrected chi connectivity index (χ0v) is 10.1. The highest BCUT2D eigenvalue weighted by Gasteiger charge is 2.34. The Bertz CT molecular complexity index is 192. The van der Waals surface area contributed by atoms with Gasteiger partial charge in [-0.2, -0.15) is 0 Å². The molecule has 0 aromatic rings. The highest BCUT2D eigenvalue weighted by atomic mass is 15.2. The largest absolute Gasteiger partial charge is 0.298 e. The topological polar surface area (TPSA) is 3.24 Å². The Morgan fingerprint density at radius 3 is 2.21 bits per heavy atom. The Kier molecular flexibility index (Phi) is 2.88. The van der Waals surface area contributed by atoms with Crippen molar-refractivity contribution in [1.29, 1.82) is 0 Å². The highest BCUT2D eigenvalue weighted by Crippen LogP contribution is 2.37. The van der Waals surface area contributed by atoms with Gasteiger partial charge in [0.2, 0.25) is 0 Å². The third-order valence-electron chi connectivity index (χ3n) is 4.24. The zero-order valence-electron chi connectivity index (χ0n) is 10.1. The molecule has 2 aliphatic rings. The fourth-order valence-electron chi connectivity index (χ4n) is 3.21. The van der Waals surface area contributed by atoms with Gasteiger partial charge in [0.15, 0.2) is 0 Å². The average Bonchev–Trinajstić information content (AvgIpc) is 2.16. The van der Waals surface area contributed by atoms with E-state index in [1.165, 1.54) is 45.2 Å². The minimum atomic E-state index is 0.391. The molecule has 1 saturated carbocycles. The number of hydrogen-bond acceptors (Lipinski definition) is 1. The molecule has 1 heteroatoms. The molecule has 2 atom stereocenters. The van der Waals surface area contributed by atoms with Crippen molar-refractivity contribution in [3.63, 3.8) is 0 Å². The molecule has 2 rings (SSSR count). The Hall–Kier alpha value is -0.0400. The molecule has 0 amide bonds. The molecule has 1 aliphatic carbocycles. The first-order valence-corrected chi connectivity index (χ1v) is 6.32. The van der Waals surface area contributed by atoms with Crippen molar-refractivity contribution in [1.82, 2.24) is 4.90 Å². The molecule has 14 heavy (non-hydrogen) atoms. The summed E-state index contributed by atoms with van der Waals surface area (Å²) in [4.78, 5) is 2.69. The van der Waals surface area contributed by atoms with E-state index in [1.807, 2.05) is 0 Å². The van der Waals surface area contributed by atoms with Crippen LogP contribution < -0.4 is 0 Å². The lowest BCUT2D eigenvalue weighted by molar-refractivity contribution is 0.0287. The molecular formula is C13H25N. The molecule has 0 radical (unpaired) electrons. The average molecular weight is 195 g/mol. The van der Waals surface area contributed by atoms with E-state index in [0.717, 1.165) is 11.8 Å². The molecule has 1 nitrogen and oxygen atoms in total. The lowest BCUT2D eigenvalue weighted by Crippen LogP contribution is -2.50. The second-order valence-electron chi connectivity index (χ2n) is 6.21. The summed E-state index contributed by atoms with van der Waals surface area (Å²) in [7, 11) is 0. The predicted molar refractivity (Wildman–Crippen MR) is 61.4 cm³/mol. The Morgan fingerprint density at radius 1 is 0.929 bits per heavy atom. The van der Waals surface area contributed by atoms with Crippen LogP contribution in [0.3, 0.4) is 0 Å². The van der Waals surface area contributed by atoms with E-state index in [9.17, 15) is 0 Å². The molecule has 0 spiro atoms. The maximum Gasteiger partial charge on any atom is 0.0125 e. The Morgan fingerprint density at radius 2 is 1.57 bits per heavy atom. The van der Waals surface area contributed by atoms with E-state index < -0.39 is 0 Å². The van der Waals surface area contributed by atoms with Crippen LogP contribution in [-0.4, -0.2) is 23.5 Å². The first-order chi connectivity index (χ1) is 6.57. The van der Waals surface area contributed by atoms with Gasteiger partial charge in [0.1, 0.15) is 0 Å². The van der Waals surface area contributed by atoms with Crippen LogP contribution in [0.1, 0.15) is 52.9 Å². The molecule has 0 aromatic heterocycles. The summed E-state index contributed by atoms with van der Waals surface area (Å²) in [6, 6.07) is 0. The summed E-state index contributed by atoms with van der Waals surface area (Å²) in [6.45, 7) is 9.78. The standard InChI is InChI=1S/C13H25N/c1-13(2,3)14-9-8-11-6-4-5-7-12(11)10-14/h11-12H,4-10H2,1-3H3/t11-,12+/m1/s1. The monoisotopic (exact) mass is 195 g/mol. The van der Waals surface area contributed by atoms with E-state index in [1.54, 1.807) is 0 Å². The van der Waals surface area contributed by atoms with E-state index in [2.05, 4.69) is 25.7 Å². The summed E-state index contributed by atoms with van der Waals surface area (Å²) >= 11 is 0. The van der Waals surface area contributed by atoms with Gasteiger partial charge in [-0.3, -0.25) is 4.90 Å². The minimum absolute atomic E-state index is 0.391. The molecule has 0 N–H and O–H groups in total. The van der Waals surface area contributed by atoms with Crippen molar-refractivity contribution in [3.05, 3.63) is 0 Å². The lowest BCUT2D eigenvalue weighted by Gasteiger charge is -2.46. The highest BCUT2D eigenvalue weighted by molar-refractivity contribution is 4.88. The van der Waals surface area contributed by atoms with Gasteiger partial charge < -0.3 is 0 Å². The molecule has 1 saturated heterocycles. The van der Waals surface area contributed by atoms with Crippen LogP contribution in [0.25, 0.3) is 0 Å². The molecule has 82 valence electrons. The fraction of sp³-hybridized carbons (Fsp3) is 1.00. The third-order valence-corrected chi connectivity index (χ3v) is 4.24. The van der Waals surface area contributed by atoms with E-state index in [4.69, 9.17) is 0 Å². The summed E-state index contributed by atoms with van der Waals surface area (Å²) < 4.78 is 0. The molecule has 0 aromatic carbocycles. The van der Waals surface area contributed by atoms with Crippen molar-refractivity contribution >= 4 is 0 Å². The molecule has 1 aliphatic heterocycles. The second-order valence-corrected chi connectivity index (χ2v) is 6.21. The number of fused-ring (bicyclic) bond motifs is 1. The molecule has 1 heterocycles. The van der Waals surface area contributed by atoms with Gasteiger partial charge in [0, 0.05) is 12.1 Å². The summed E-state index contributed by atoms with van der Waals surface area (Å²) in [5, 5.41) is 0. The van der Waals surface area contributed by atoms with Gasteiger partial charge in [0.25, 0.3) is 0 Å². The first kappa shape index (κ1) is 10.5. The summed E-state index contributed by atoms with van der Waals surface area (Å²) in [5.74, 6) is 2.10. The second kappa shape index (κ2) is 3.84. The SMILES string of the molecule is CC(C)(C)N1CC[C@H]2CCCC[C@H]2C1. The zero-order chi connectivity index (χ0) is 10.2. The van der Waals surface area contributed by atoms with E-state index in [-0.39, 0.29) is 0 Å². The normalized spacial score (nSPS) is 35.4. The van der Waals surface area contributed by atoms with Crippen molar-refractivity contribution < 1.29 is 0 Å². The molecule has 2 fully saturated rings. The lowest BCUT2D eigenvalue weighted by atomic mass is 9.74. The summed E-state index contributed by atoms with van der Waals surface area (Å²) in [6.07, 6.45) is 7.46. The fourth-order valence-corrected chi connectivity index (χ4v) is 3.21. The van der Waals surface area contributed by atoms with E-state index >= 15 is 0 Å². The van der Waals surface area contributed by atoms with Gasteiger partial charge >= 0.3 is 0 Å². The van der Waals surface area contributed by atoms with Crippen LogP contribution in [0.2, 0.25) is 0 Å². The molecule has 0 bridgehead atoms. The van der Waals surface area contributed by atoms with Crippen LogP contribution in [-0.2, 0) is 0 Å². The van der Waals surface area contributed by atoms with Gasteiger partial charge in [-0.15, -0.1) is 0 Å². The van der Waals surface area contributed by atoms with Crippen molar-refractivity contribution in [2.45, 2.75) is 58.4 Å². The van der Waals surface area contributed by atoms with Crippen molar-refractivity contribution in [2.75, 3.05) is 13.1 Å². The Labute approximate surface area is 88.9 Å². The van der Waals surface area contributed by atoms with Crippen LogP contribution in [0.15, 0.2) is 0 Å². The molecular weight excluding hydrogens is 170 g/mol. The van der Waals surface area contributed by atoms with Crippen molar-refractivity contribution in [3.8, 4) is 0 Å². The predicted octanol–water partition coefficient (Wildman–Crippen LogP) is 3.30. The molecule has 0 unspecified atom stereocenters. The minimum Gasteiger partial charge on any atom is -0.298 e. The Balaban J connectivity index is 1.96. The summed E-state index contributed by atoms with van der Waals surface area (Å²) in [5.41, 5.74) is 0.391. The first-order valence-electron chi connectivity index (χ1n) is 6.32. The van der Waals surface area contributed by atoms with Crippen LogP contribution in [0.5, 0.6) is 0 Å². The van der Waals surface area contributed by atoms with Crippen LogP contribution in [0.4, 0.5) is 0 Å². The van der Waals surface area contributed by atoms with Crippen LogP contribution >= 0.6 is 0 Å².